The second kappa shape index (κ2) is 5.10. The topological polar surface area (TPSA) is 46.5 Å². The van der Waals surface area contributed by atoms with Crippen LogP contribution in [0.15, 0.2) is 36.4 Å². The zero-order valence-corrected chi connectivity index (χ0v) is 10.6. The summed E-state index contributed by atoms with van der Waals surface area (Å²) >= 11 is 0. The Morgan fingerprint density at radius 1 is 1.21 bits per heavy atom. The minimum atomic E-state index is -1.02. The van der Waals surface area contributed by atoms with E-state index < -0.39 is 11.8 Å². The maximum atomic E-state index is 14.0. The first-order valence-corrected chi connectivity index (χ1v) is 5.71. The van der Waals surface area contributed by atoms with Crippen LogP contribution in [-0.2, 0) is 0 Å². The minimum absolute atomic E-state index is 0.174. The standard InChI is InChI=1S/C15H13FO3/c1-9-11(4-3-5-12(9)15(17)18)13-7-6-10(19-2)8-14(13)16/h3-8H,1-2H3,(H,17,18). The number of halogens is 1. The van der Waals surface area contributed by atoms with Crippen LogP contribution >= 0.6 is 0 Å². The molecule has 0 radical (unpaired) electrons. The molecule has 2 rings (SSSR count). The van der Waals surface area contributed by atoms with E-state index in [1.54, 1.807) is 31.2 Å². The van der Waals surface area contributed by atoms with Gasteiger partial charge in [0.05, 0.1) is 12.7 Å². The van der Waals surface area contributed by atoms with Crippen LogP contribution in [0.4, 0.5) is 4.39 Å². The van der Waals surface area contributed by atoms with E-state index in [0.29, 0.717) is 22.4 Å². The van der Waals surface area contributed by atoms with Crippen molar-refractivity contribution in [3.05, 3.63) is 53.3 Å². The van der Waals surface area contributed by atoms with Crippen LogP contribution in [0, 0.1) is 12.7 Å². The van der Waals surface area contributed by atoms with E-state index in [2.05, 4.69) is 0 Å². The number of ether oxygens (including phenoxy) is 1. The highest BCUT2D eigenvalue weighted by atomic mass is 19.1. The van der Waals surface area contributed by atoms with E-state index in [0.717, 1.165) is 0 Å². The average molecular weight is 260 g/mol. The molecule has 0 heterocycles. The molecule has 0 aliphatic rings. The van der Waals surface area contributed by atoms with Crippen molar-refractivity contribution < 1.29 is 19.0 Å². The highest BCUT2D eigenvalue weighted by molar-refractivity contribution is 5.92. The number of carboxylic acid groups (broad SMARTS) is 1. The van der Waals surface area contributed by atoms with Crippen LogP contribution in [0.2, 0.25) is 0 Å². The molecule has 2 aromatic carbocycles. The Bertz CT molecular complexity index is 635. The Kier molecular flexibility index (Phi) is 3.51. The summed E-state index contributed by atoms with van der Waals surface area (Å²) in [6, 6.07) is 9.32. The van der Waals surface area contributed by atoms with Gasteiger partial charge in [-0.25, -0.2) is 9.18 Å². The van der Waals surface area contributed by atoms with Crippen molar-refractivity contribution in [3.63, 3.8) is 0 Å². The number of rotatable bonds is 3. The number of aromatic carboxylic acids is 1. The molecule has 3 nitrogen and oxygen atoms in total. The second-order valence-corrected chi connectivity index (χ2v) is 4.13. The van der Waals surface area contributed by atoms with Crippen molar-refractivity contribution in [2.75, 3.05) is 7.11 Å². The Balaban J connectivity index is 2.59. The van der Waals surface area contributed by atoms with Gasteiger partial charge in [-0.05, 0) is 36.2 Å². The van der Waals surface area contributed by atoms with E-state index in [-0.39, 0.29) is 5.56 Å². The smallest absolute Gasteiger partial charge is 0.335 e. The molecule has 4 heteroatoms. The van der Waals surface area contributed by atoms with Gasteiger partial charge in [-0.1, -0.05) is 12.1 Å². The first-order chi connectivity index (χ1) is 9.04. The summed E-state index contributed by atoms with van der Waals surface area (Å²) in [6.07, 6.45) is 0. The van der Waals surface area contributed by atoms with Crippen molar-refractivity contribution in [1.82, 2.24) is 0 Å². The number of carbonyl (C=O) groups is 1. The lowest BCUT2D eigenvalue weighted by Gasteiger charge is -2.10. The SMILES string of the molecule is COc1ccc(-c2cccc(C(=O)O)c2C)c(F)c1. The van der Waals surface area contributed by atoms with Crippen molar-refractivity contribution in [1.29, 1.82) is 0 Å². The number of methoxy groups -OCH3 is 1. The van der Waals surface area contributed by atoms with Crippen molar-refractivity contribution >= 4 is 5.97 Å². The zero-order valence-electron chi connectivity index (χ0n) is 10.6. The molecule has 0 atom stereocenters. The van der Waals surface area contributed by atoms with Gasteiger partial charge in [-0.15, -0.1) is 0 Å². The van der Waals surface area contributed by atoms with E-state index in [1.165, 1.54) is 19.2 Å². The van der Waals surface area contributed by atoms with Gasteiger partial charge in [0.2, 0.25) is 0 Å². The third kappa shape index (κ3) is 2.42. The lowest BCUT2D eigenvalue weighted by molar-refractivity contribution is 0.0696. The van der Waals surface area contributed by atoms with E-state index in [4.69, 9.17) is 9.84 Å². The number of hydrogen-bond donors (Lipinski definition) is 1. The molecule has 0 saturated heterocycles. The molecule has 0 spiro atoms. The largest absolute Gasteiger partial charge is 0.497 e. The van der Waals surface area contributed by atoms with Gasteiger partial charge < -0.3 is 9.84 Å². The molecule has 0 fully saturated rings. The fraction of sp³-hybridized carbons (Fsp3) is 0.133. The quantitative estimate of drug-likeness (QED) is 0.918. The first-order valence-electron chi connectivity index (χ1n) is 5.71. The van der Waals surface area contributed by atoms with Gasteiger partial charge in [0.15, 0.2) is 0 Å². The predicted molar refractivity (Wildman–Crippen MR) is 70.1 cm³/mol. The first kappa shape index (κ1) is 13.1. The fourth-order valence-corrected chi connectivity index (χ4v) is 2.00. The lowest BCUT2D eigenvalue weighted by atomic mass is 9.96. The van der Waals surface area contributed by atoms with Crippen molar-refractivity contribution in [3.8, 4) is 16.9 Å². The number of benzene rings is 2. The maximum Gasteiger partial charge on any atom is 0.335 e. The molecule has 0 unspecified atom stereocenters. The van der Waals surface area contributed by atoms with Gasteiger partial charge in [0, 0.05) is 11.6 Å². The third-order valence-electron chi connectivity index (χ3n) is 3.03. The molecule has 0 bridgehead atoms. The molecule has 19 heavy (non-hydrogen) atoms. The molecule has 0 aromatic heterocycles. The number of carboxylic acids is 1. The summed E-state index contributed by atoms with van der Waals surface area (Å²) in [4.78, 5) is 11.1. The second-order valence-electron chi connectivity index (χ2n) is 4.13. The molecule has 0 aliphatic heterocycles. The van der Waals surface area contributed by atoms with E-state index in [1.807, 2.05) is 0 Å². The van der Waals surface area contributed by atoms with Gasteiger partial charge >= 0.3 is 5.97 Å². The van der Waals surface area contributed by atoms with Crippen LogP contribution in [-0.4, -0.2) is 18.2 Å². The molecule has 1 N–H and O–H groups in total. The Morgan fingerprint density at radius 2 is 1.95 bits per heavy atom. The van der Waals surface area contributed by atoms with Gasteiger partial charge in [0.1, 0.15) is 11.6 Å². The predicted octanol–water partition coefficient (Wildman–Crippen LogP) is 3.51. The molecule has 0 aliphatic carbocycles. The van der Waals surface area contributed by atoms with Crippen LogP contribution < -0.4 is 4.74 Å². The van der Waals surface area contributed by atoms with Crippen molar-refractivity contribution in [2.24, 2.45) is 0 Å². The van der Waals surface area contributed by atoms with Crippen LogP contribution in [0.25, 0.3) is 11.1 Å². The van der Waals surface area contributed by atoms with Gasteiger partial charge in [-0.2, -0.15) is 0 Å². The summed E-state index contributed by atoms with van der Waals surface area (Å²) in [5.74, 6) is -1.04. The molecule has 2 aromatic rings. The van der Waals surface area contributed by atoms with Crippen molar-refractivity contribution in [2.45, 2.75) is 6.92 Å². The maximum absolute atomic E-state index is 14.0. The summed E-state index contributed by atoms with van der Waals surface area (Å²) in [7, 11) is 1.46. The van der Waals surface area contributed by atoms with Gasteiger partial charge in [0.25, 0.3) is 0 Å². The zero-order chi connectivity index (χ0) is 14.0. The summed E-state index contributed by atoms with van der Waals surface area (Å²) in [5, 5.41) is 9.07. The molecule has 98 valence electrons. The fourth-order valence-electron chi connectivity index (χ4n) is 2.00. The Labute approximate surface area is 110 Å². The summed E-state index contributed by atoms with van der Waals surface area (Å²) in [6.45, 7) is 1.67. The number of hydrogen-bond acceptors (Lipinski definition) is 2. The van der Waals surface area contributed by atoms with Crippen LogP contribution in [0.1, 0.15) is 15.9 Å². The van der Waals surface area contributed by atoms with Crippen LogP contribution in [0.3, 0.4) is 0 Å². The molecule has 0 saturated carbocycles. The summed E-state index contributed by atoms with van der Waals surface area (Å²) < 4.78 is 19.0. The Hall–Kier alpha value is -2.36. The minimum Gasteiger partial charge on any atom is -0.497 e. The van der Waals surface area contributed by atoms with E-state index in [9.17, 15) is 9.18 Å². The lowest BCUT2D eigenvalue weighted by Crippen LogP contribution is -2.01. The average Bonchev–Trinajstić information content (AvgIpc) is 2.39. The van der Waals surface area contributed by atoms with Crippen LogP contribution in [0.5, 0.6) is 5.75 Å². The molecule has 0 amide bonds. The third-order valence-corrected chi connectivity index (χ3v) is 3.03. The highest BCUT2D eigenvalue weighted by Gasteiger charge is 2.14. The molecular weight excluding hydrogens is 247 g/mol. The Morgan fingerprint density at radius 3 is 2.53 bits per heavy atom. The highest BCUT2D eigenvalue weighted by Crippen LogP contribution is 2.30. The molecular formula is C15H13FO3. The van der Waals surface area contributed by atoms with Gasteiger partial charge in [-0.3, -0.25) is 0 Å². The normalized spacial score (nSPS) is 10.3. The van der Waals surface area contributed by atoms with E-state index >= 15 is 0 Å². The monoisotopic (exact) mass is 260 g/mol. The summed E-state index contributed by atoms with van der Waals surface area (Å²) in [5.41, 5.74) is 1.65.